The number of primary amides is 1. The lowest BCUT2D eigenvalue weighted by atomic mass is 10.1. The molecule has 8 nitrogen and oxygen atoms in total. The molecule has 3 heterocycles. The van der Waals surface area contributed by atoms with E-state index in [1.165, 1.54) is 0 Å². The molecule has 0 unspecified atom stereocenters. The summed E-state index contributed by atoms with van der Waals surface area (Å²) in [6.45, 7) is 0. The molecule has 0 aliphatic carbocycles. The minimum Gasteiger partial charge on any atom is -0.397 e. The fourth-order valence-electron chi connectivity index (χ4n) is 2.62. The number of carbonyl (C=O) groups excluding carboxylic acids is 1. The van der Waals surface area contributed by atoms with Gasteiger partial charge in [-0.15, -0.1) is 0 Å². The lowest BCUT2D eigenvalue weighted by Crippen LogP contribution is -2.16. The van der Waals surface area contributed by atoms with Crippen LogP contribution in [0.15, 0.2) is 36.5 Å². The Morgan fingerprint density at radius 2 is 2.00 bits per heavy atom. The molecular formula is C16H12N6O2S. The molecule has 6 N–H and O–H groups in total. The number of ether oxygens (including phenoxy) is 1. The van der Waals surface area contributed by atoms with Crippen molar-refractivity contribution in [1.29, 1.82) is 0 Å². The Morgan fingerprint density at radius 1 is 1.16 bits per heavy atom. The molecule has 1 aromatic carbocycles. The number of fused-ring (bicyclic) bond motifs is 2. The maximum Gasteiger partial charge on any atom is 0.410 e. The van der Waals surface area contributed by atoms with Gasteiger partial charge in [0, 0.05) is 17.1 Å². The molecule has 0 bridgehead atoms. The van der Waals surface area contributed by atoms with E-state index >= 15 is 0 Å². The van der Waals surface area contributed by atoms with Crippen molar-refractivity contribution < 1.29 is 9.53 Å². The molecule has 124 valence electrons. The van der Waals surface area contributed by atoms with Gasteiger partial charge in [-0.05, 0) is 18.2 Å². The Labute approximate surface area is 145 Å². The second-order valence-electron chi connectivity index (χ2n) is 5.25. The van der Waals surface area contributed by atoms with Crippen LogP contribution in [0.3, 0.4) is 0 Å². The van der Waals surface area contributed by atoms with Gasteiger partial charge in [0.2, 0.25) is 11.0 Å². The zero-order valence-electron chi connectivity index (χ0n) is 12.8. The first-order chi connectivity index (χ1) is 12.0. The summed E-state index contributed by atoms with van der Waals surface area (Å²) in [7, 11) is 0. The van der Waals surface area contributed by atoms with Crippen molar-refractivity contribution in [2.45, 2.75) is 0 Å². The second-order valence-corrected chi connectivity index (χ2v) is 6.21. The molecule has 1 amide bonds. The number of rotatable bonds is 2. The average Bonchev–Trinajstić information content (AvgIpc) is 2.88. The van der Waals surface area contributed by atoms with Gasteiger partial charge < -0.3 is 21.9 Å². The smallest absolute Gasteiger partial charge is 0.397 e. The van der Waals surface area contributed by atoms with E-state index in [0.29, 0.717) is 15.9 Å². The third kappa shape index (κ3) is 2.56. The van der Waals surface area contributed by atoms with Crippen molar-refractivity contribution in [3.8, 4) is 16.3 Å². The number of hydrogen-bond donors (Lipinski definition) is 3. The van der Waals surface area contributed by atoms with Gasteiger partial charge in [0.25, 0.3) is 0 Å². The summed E-state index contributed by atoms with van der Waals surface area (Å²) < 4.78 is 4.94. The van der Waals surface area contributed by atoms with Crippen LogP contribution in [0.5, 0.6) is 5.06 Å². The van der Waals surface area contributed by atoms with Crippen molar-refractivity contribution in [2.24, 2.45) is 5.73 Å². The molecule has 0 aliphatic rings. The highest BCUT2D eigenvalue weighted by molar-refractivity contribution is 7.21. The Kier molecular flexibility index (Phi) is 3.36. The third-order valence-electron chi connectivity index (χ3n) is 3.64. The Hall–Kier alpha value is -3.46. The van der Waals surface area contributed by atoms with Gasteiger partial charge >= 0.3 is 6.09 Å². The number of carbonyl (C=O) groups is 1. The number of aromatic nitrogens is 3. The Balaban J connectivity index is 1.98. The maximum absolute atomic E-state index is 11.0. The third-order valence-corrected chi connectivity index (χ3v) is 4.62. The molecule has 0 spiro atoms. The number of benzene rings is 1. The minimum absolute atomic E-state index is 0.0978. The molecule has 0 saturated carbocycles. The fourth-order valence-corrected chi connectivity index (χ4v) is 3.58. The highest BCUT2D eigenvalue weighted by atomic mass is 32.1. The van der Waals surface area contributed by atoms with Gasteiger partial charge in [-0.1, -0.05) is 23.5 Å². The molecule has 4 rings (SSSR count). The topological polar surface area (TPSA) is 143 Å². The second kappa shape index (κ2) is 5.56. The van der Waals surface area contributed by atoms with E-state index in [-0.39, 0.29) is 16.7 Å². The van der Waals surface area contributed by atoms with Crippen molar-refractivity contribution in [2.75, 3.05) is 11.5 Å². The minimum atomic E-state index is -0.947. The van der Waals surface area contributed by atoms with Crippen LogP contribution in [-0.4, -0.2) is 21.0 Å². The van der Waals surface area contributed by atoms with Crippen LogP contribution in [-0.2, 0) is 0 Å². The van der Waals surface area contributed by atoms with E-state index in [9.17, 15) is 4.79 Å². The molecule has 0 aliphatic heterocycles. The summed E-state index contributed by atoms with van der Waals surface area (Å²) in [5, 5.41) is 1.69. The number of amides is 1. The summed E-state index contributed by atoms with van der Waals surface area (Å²) in [5.74, 6) is 0.0978. The van der Waals surface area contributed by atoms with E-state index in [1.54, 1.807) is 6.20 Å². The zero-order valence-corrected chi connectivity index (χ0v) is 13.6. The average molecular weight is 352 g/mol. The van der Waals surface area contributed by atoms with E-state index < -0.39 is 6.09 Å². The summed E-state index contributed by atoms with van der Waals surface area (Å²) in [5.41, 5.74) is 19.5. The van der Waals surface area contributed by atoms with E-state index in [1.807, 2.05) is 30.3 Å². The van der Waals surface area contributed by atoms with Crippen LogP contribution >= 0.6 is 11.3 Å². The fraction of sp³-hybridized carbons (Fsp3) is 0. The first-order valence-electron chi connectivity index (χ1n) is 7.21. The number of thiophene rings is 1. The van der Waals surface area contributed by atoms with E-state index in [2.05, 4.69) is 15.0 Å². The van der Waals surface area contributed by atoms with Crippen LogP contribution < -0.4 is 21.9 Å². The van der Waals surface area contributed by atoms with Gasteiger partial charge in [-0.2, -0.15) is 0 Å². The van der Waals surface area contributed by atoms with Gasteiger partial charge in [-0.3, -0.25) is 4.98 Å². The first kappa shape index (κ1) is 15.1. The van der Waals surface area contributed by atoms with Crippen LogP contribution in [0.1, 0.15) is 0 Å². The predicted octanol–water partition coefficient (Wildman–Crippen LogP) is 2.53. The number of anilines is 2. The van der Waals surface area contributed by atoms with Crippen LogP contribution in [0.4, 0.5) is 16.4 Å². The number of nitrogens with zero attached hydrogens (tertiary/aromatic N) is 3. The van der Waals surface area contributed by atoms with Crippen LogP contribution in [0, 0.1) is 0 Å². The lowest BCUT2D eigenvalue weighted by Gasteiger charge is -2.06. The van der Waals surface area contributed by atoms with Crippen LogP contribution in [0.25, 0.3) is 32.4 Å². The molecule has 9 heteroatoms. The molecule has 0 radical (unpaired) electrons. The number of pyridine rings is 1. The number of nitrogens with two attached hydrogens (primary N) is 3. The Bertz CT molecular complexity index is 1140. The quantitative estimate of drug-likeness (QED) is 0.503. The van der Waals surface area contributed by atoms with E-state index in [0.717, 1.165) is 27.8 Å². The maximum atomic E-state index is 11.0. The van der Waals surface area contributed by atoms with Gasteiger partial charge in [-0.25, -0.2) is 14.8 Å². The molecule has 4 aromatic rings. The standard InChI is InChI=1S/C16H12N6O2S/c17-11-10-12(8-3-4-9-7(6-8)2-1-5-20-9)21-15(18)22-13(10)25-14(11)24-16(19)23/h1-6H,17H2,(H2,19,23)(H2,18,21,22). The largest absolute Gasteiger partial charge is 0.410 e. The van der Waals surface area contributed by atoms with Crippen LogP contribution in [0.2, 0.25) is 0 Å². The molecule has 0 fully saturated rings. The normalized spacial score (nSPS) is 11.0. The summed E-state index contributed by atoms with van der Waals surface area (Å²) in [6.07, 6.45) is 0.783. The molecule has 3 aromatic heterocycles. The number of nitrogen functional groups attached to an aromatic ring is 2. The van der Waals surface area contributed by atoms with Gasteiger partial charge in [0.15, 0.2) is 0 Å². The van der Waals surface area contributed by atoms with Crippen molar-refractivity contribution in [3.05, 3.63) is 36.5 Å². The van der Waals surface area contributed by atoms with Gasteiger partial charge in [0.05, 0.1) is 22.3 Å². The first-order valence-corrected chi connectivity index (χ1v) is 8.02. The lowest BCUT2D eigenvalue weighted by molar-refractivity contribution is 0.212. The molecule has 25 heavy (non-hydrogen) atoms. The Morgan fingerprint density at radius 3 is 2.80 bits per heavy atom. The predicted molar refractivity (Wildman–Crippen MR) is 97.2 cm³/mol. The van der Waals surface area contributed by atoms with Gasteiger partial charge in [0.1, 0.15) is 4.83 Å². The number of hydrogen-bond acceptors (Lipinski definition) is 8. The highest BCUT2D eigenvalue weighted by Gasteiger charge is 2.20. The summed E-state index contributed by atoms with van der Waals surface area (Å²) >= 11 is 1.09. The van der Waals surface area contributed by atoms with Crippen molar-refractivity contribution in [3.63, 3.8) is 0 Å². The SMILES string of the molecule is NC(=O)Oc1sc2nc(N)nc(-c3ccc4ncccc4c3)c2c1N. The monoisotopic (exact) mass is 352 g/mol. The molecule has 0 saturated heterocycles. The van der Waals surface area contributed by atoms with Crippen molar-refractivity contribution in [1.82, 2.24) is 15.0 Å². The highest BCUT2D eigenvalue weighted by Crippen LogP contribution is 2.43. The van der Waals surface area contributed by atoms with Crippen molar-refractivity contribution >= 4 is 50.2 Å². The summed E-state index contributed by atoms with van der Waals surface area (Å²) in [4.78, 5) is 24.4. The summed E-state index contributed by atoms with van der Waals surface area (Å²) in [6, 6.07) is 9.51. The zero-order chi connectivity index (χ0) is 17.6. The molecular weight excluding hydrogens is 340 g/mol. The molecule has 0 atom stereocenters. The van der Waals surface area contributed by atoms with E-state index in [4.69, 9.17) is 21.9 Å².